The summed E-state index contributed by atoms with van der Waals surface area (Å²) >= 11 is 0. The zero-order valence-corrected chi connectivity index (χ0v) is 11.7. The number of halogens is 2. The van der Waals surface area contributed by atoms with E-state index in [0.717, 1.165) is 6.07 Å². The summed E-state index contributed by atoms with van der Waals surface area (Å²) in [6.07, 6.45) is 1.91. The Bertz CT molecular complexity index is 566. The van der Waals surface area contributed by atoms with Crippen molar-refractivity contribution in [2.24, 2.45) is 5.92 Å². The molecule has 1 aliphatic carbocycles. The molecule has 0 radical (unpaired) electrons. The third-order valence-electron chi connectivity index (χ3n) is 3.92. The molecule has 0 unspecified atom stereocenters. The van der Waals surface area contributed by atoms with Gasteiger partial charge in [0.05, 0.1) is 5.92 Å². The molecule has 21 heavy (non-hydrogen) atoms. The number of carboxylic acids is 1. The predicted octanol–water partition coefficient (Wildman–Crippen LogP) is 2.65. The van der Waals surface area contributed by atoms with Crippen LogP contribution in [0.15, 0.2) is 12.1 Å². The van der Waals surface area contributed by atoms with Gasteiger partial charge < -0.3 is 10.4 Å². The summed E-state index contributed by atoms with van der Waals surface area (Å²) in [6, 6.07) is 2.10. The van der Waals surface area contributed by atoms with Crippen molar-refractivity contribution in [3.05, 3.63) is 34.9 Å². The first-order chi connectivity index (χ1) is 9.90. The Balaban J connectivity index is 2.03. The third-order valence-corrected chi connectivity index (χ3v) is 3.92. The summed E-state index contributed by atoms with van der Waals surface area (Å²) in [5, 5.41) is 11.5. The van der Waals surface area contributed by atoms with Crippen molar-refractivity contribution in [2.75, 3.05) is 0 Å². The minimum Gasteiger partial charge on any atom is -0.481 e. The Morgan fingerprint density at radius 1 is 1.19 bits per heavy atom. The SMILES string of the molecule is Cc1ccc(F)c(C(=O)NC2CCC(C(=O)O)CC2)c1F. The first kappa shape index (κ1) is 15.4. The van der Waals surface area contributed by atoms with Gasteiger partial charge in [0.2, 0.25) is 0 Å². The number of carbonyl (C=O) groups excluding carboxylic acids is 1. The average molecular weight is 297 g/mol. The monoisotopic (exact) mass is 297 g/mol. The molecule has 4 nitrogen and oxygen atoms in total. The van der Waals surface area contributed by atoms with Crippen molar-refractivity contribution in [3.63, 3.8) is 0 Å². The minimum absolute atomic E-state index is 0.205. The van der Waals surface area contributed by atoms with E-state index in [4.69, 9.17) is 5.11 Å². The molecule has 1 aromatic carbocycles. The number of benzene rings is 1. The van der Waals surface area contributed by atoms with Crippen molar-refractivity contribution in [3.8, 4) is 0 Å². The lowest BCUT2D eigenvalue weighted by Gasteiger charge is -2.27. The summed E-state index contributed by atoms with van der Waals surface area (Å²) in [5.41, 5.74) is -0.369. The maximum Gasteiger partial charge on any atom is 0.306 e. The van der Waals surface area contributed by atoms with Gasteiger partial charge in [0.1, 0.15) is 17.2 Å². The van der Waals surface area contributed by atoms with Crippen molar-refractivity contribution in [1.82, 2.24) is 5.32 Å². The highest BCUT2D eigenvalue weighted by Crippen LogP contribution is 2.25. The quantitative estimate of drug-likeness (QED) is 0.901. The molecule has 0 heterocycles. The van der Waals surface area contributed by atoms with E-state index in [-0.39, 0.29) is 11.6 Å². The molecule has 0 atom stereocenters. The number of rotatable bonds is 3. The van der Waals surface area contributed by atoms with Crippen LogP contribution in [-0.2, 0) is 4.79 Å². The van der Waals surface area contributed by atoms with Crippen molar-refractivity contribution in [2.45, 2.75) is 38.6 Å². The average Bonchev–Trinajstić information content (AvgIpc) is 2.44. The second kappa shape index (κ2) is 6.20. The molecule has 6 heteroatoms. The third kappa shape index (κ3) is 3.37. The lowest BCUT2D eigenvalue weighted by molar-refractivity contribution is -0.142. The number of carboxylic acid groups (broad SMARTS) is 1. The van der Waals surface area contributed by atoms with Gasteiger partial charge in [0.15, 0.2) is 0 Å². The fourth-order valence-corrected chi connectivity index (χ4v) is 2.61. The molecule has 2 rings (SSSR count). The molecule has 0 bridgehead atoms. The molecule has 1 aromatic rings. The van der Waals surface area contributed by atoms with Gasteiger partial charge in [-0.15, -0.1) is 0 Å². The highest BCUT2D eigenvalue weighted by Gasteiger charge is 2.28. The smallest absolute Gasteiger partial charge is 0.306 e. The second-order valence-electron chi connectivity index (χ2n) is 5.41. The van der Waals surface area contributed by atoms with Crippen molar-refractivity contribution >= 4 is 11.9 Å². The molecule has 2 N–H and O–H groups in total. The lowest BCUT2D eigenvalue weighted by Crippen LogP contribution is -2.39. The Morgan fingerprint density at radius 2 is 1.81 bits per heavy atom. The molecular weight excluding hydrogens is 280 g/mol. The normalized spacial score (nSPS) is 21.9. The summed E-state index contributed by atoms with van der Waals surface area (Å²) < 4.78 is 27.5. The number of hydrogen-bond acceptors (Lipinski definition) is 2. The Kier molecular flexibility index (Phi) is 4.55. The van der Waals surface area contributed by atoms with Crippen LogP contribution in [0.1, 0.15) is 41.6 Å². The van der Waals surface area contributed by atoms with E-state index < -0.39 is 35.0 Å². The number of hydrogen-bond donors (Lipinski definition) is 2. The summed E-state index contributed by atoms with van der Waals surface area (Å²) in [4.78, 5) is 22.9. The van der Waals surface area contributed by atoms with Crippen LogP contribution >= 0.6 is 0 Å². The van der Waals surface area contributed by atoms with E-state index in [1.54, 1.807) is 0 Å². The van der Waals surface area contributed by atoms with Crippen molar-refractivity contribution in [1.29, 1.82) is 0 Å². The Hall–Kier alpha value is -1.98. The van der Waals surface area contributed by atoms with E-state index in [9.17, 15) is 18.4 Å². The van der Waals surface area contributed by atoms with Crippen LogP contribution in [0, 0.1) is 24.5 Å². The first-order valence-corrected chi connectivity index (χ1v) is 6.88. The maximum absolute atomic E-state index is 13.9. The summed E-state index contributed by atoms with van der Waals surface area (Å²) in [5.74, 6) is -3.77. The standard InChI is InChI=1S/C15H17F2NO3/c1-8-2-7-11(16)12(13(8)17)14(19)18-10-5-3-9(4-6-10)15(20)21/h2,7,9-10H,3-6H2,1H3,(H,18,19)(H,20,21). The van der Waals surface area contributed by atoms with Gasteiger partial charge in [0.25, 0.3) is 5.91 Å². The number of aryl methyl sites for hydroxylation is 1. The van der Waals surface area contributed by atoms with E-state index in [2.05, 4.69) is 5.32 Å². The van der Waals surface area contributed by atoms with E-state index >= 15 is 0 Å². The lowest BCUT2D eigenvalue weighted by atomic mass is 9.86. The molecule has 1 saturated carbocycles. The van der Waals surface area contributed by atoms with Crippen LogP contribution in [0.2, 0.25) is 0 Å². The number of nitrogens with one attached hydrogen (secondary N) is 1. The highest BCUT2D eigenvalue weighted by atomic mass is 19.1. The summed E-state index contributed by atoms with van der Waals surface area (Å²) in [7, 11) is 0. The molecule has 0 saturated heterocycles. The number of amides is 1. The van der Waals surface area contributed by atoms with Crippen LogP contribution in [0.4, 0.5) is 8.78 Å². The Morgan fingerprint density at radius 3 is 2.38 bits per heavy atom. The fourth-order valence-electron chi connectivity index (χ4n) is 2.61. The van der Waals surface area contributed by atoms with Crippen LogP contribution < -0.4 is 5.32 Å². The molecule has 114 valence electrons. The molecule has 0 spiro atoms. The van der Waals surface area contributed by atoms with Gasteiger partial charge in [0, 0.05) is 6.04 Å². The van der Waals surface area contributed by atoms with Crippen LogP contribution in [0.5, 0.6) is 0 Å². The highest BCUT2D eigenvalue weighted by molar-refractivity contribution is 5.95. The van der Waals surface area contributed by atoms with Crippen molar-refractivity contribution < 1.29 is 23.5 Å². The predicted molar refractivity (Wildman–Crippen MR) is 71.9 cm³/mol. The van der Waals surface area contributed by atoms with Gasteiger partial charge in [-0.25, -0.2) is 8.78 Å². The molecule has 1 amide bonds. The molecule has 1 fully saturated rings. The van der Waals surface area contributed by atoms with Gasteiger partial charge in [-0.05, 0) is 44.2 Å². The maximum atomic E-state index is 13.9. The molecule has 0 aromatic heterocycles. The largest absolute Gasteiger partial charge is 0.481 e. The van der Waals surface area contributed by atoms with Gasteiger partial charge >= 0.3 is 5.97 Å². The van der Waals surface area contributed by atoms with E-state index in [0.29, 0.717) is 25.7 Å². The zero-order valence-electron chi connectivity index (χ0n) is 11.7. The van der Waals surface area contributed by atoms with Crippen LogP contribution in [-0.4, -0.2) is 23.0 Å². The Labute approximate surface area is 121 Å². The van der Waals surface area contributed by atoms with Gasteiger partial charge in [-0.2, -0.15) is 0 Å². The molecule has 1 aliphatic rings. The van der Waals surface area contributed by atoms with E-state index in [1.807, 2.05) is 0 Å². The number of aliphatic carboxylic acids is 1. The van der Waals surface area contributed by atoms with Crippen LogP contribution in [0.3, 0.4) is 0 Å². The van der Waals surface area contributed by atoms with Gasteiger partial charge in [-0.3, -0.25) is 9.59 Å². The minimum atomic E-state index is -0.894. The fraction of sp³-hybridized carbons (Fsp3) is 0.467. The van der Waals surface area contributed by atoms with Crippen LogP contribution in [0.25, 0.3) is 0 Å². The van der Waals surface area contributed by atoms with Gasteiger partial charge in [-0.1, -0.05) is 6.07 Å². The summed E-state index contributed by atoms with van der Waals surface area (Å²) in [6.45, 7) is 1.46. The second-order valence-corrected chi connectivity index (χ2v) is 5.41. The topological polar surface area (TPSA) is 66.4 Å². The molecule has 0 aliphatic heterocycles. The molecular formula is C15H17F2NO3. The first-order valence-electron chi connectivity index (χ1n) is 6.88. The van der Waals surface area contributed by atoms with E-state index in [1.165, 1.54) is 13.0 Å². The number of carbonyl (C=O) groups is 2. The zero-order chi connectivity index (χ0) is 15.6.